The quantitative estimate of drug-likeness (QED) is 0.353. The highest BCUT2D eigenvalue weighted by atomic mass is 127. The third-order valence-corrected chi connectivity index (χ3v) is 2.43. The summed E-state index contributed by atoms with van der Waals surface area (Å²) < 4.78 is 5.28. The molecule has 0 aromatic heterocycles. The first-order chi connectivity index (χ1) is 7.18. The van der Waals surface area contributed by atoms with Crippen molar-refractivity contribution in [3.63, 3.8) is 0 Å². The van der Waals surface area contributed by atoms with Crippen molar-refractivity contribution < 1.29 is 4.74 Å². The summed E-state index contributed by atoms with van der Waals surface area (Å²) in [7, 11) is 0. The van der Waals surface area contributed by atoms with E-state index in [0.717, 1.165) is 38.2 Å². The van der Waals surface area contributed by atoms with Crippen molar-refractivity contribution in [3.05, 3.63) is 12.2 Å². The number of nitrogens with one attached hydrogen (secondary N) is 1. The van der Waals surface area contributed by atoms with Gasteiger partial charge in [0.1, 0.15) is 0 Å². The summed E-state index contributed by atoms with van der Waals surface area (Å²) in [6.07, 6.45) is 2.22. The molecule has 0 atom stereocenters. The molecule has 0 bridgehead atoms. The second-order valence-electron chi connectivity index (χ2n) is 4.10. The average Bonchev–Trinajstić information content (AvgIpc) is 2.25. The van der Waals surface area contributed by atoms with E-state index in [4.69, 9.17) is 10.5 Å². The second kappa shape index (κ2) is 8.81. The van der Waals surface area contributed by atoms with Gasteiger partial charge in [-0.05, 0) is 25.7 Å². The summed E-state index contributed by atoms with van der Waals surface area (Å²) in [5.41, 5.74) is 6.72. The van der Waals surface area contributed by atoms with Crippen molar-refractivity contribution >= 4 is 29.9 Å². The fourth-order valence-corrected chi connectivity index (χ4v) is 1.48. The lowest BCUT2D eigenvalue weighted by molar-refractivity contribution is 0.0676. The smallest absolute Gasteiger partial charge is 0.188 e. The highest BCUT2D eigenvalue weighted by Gasteiger charge is 2.13. The molecule has 5 heteroatoms. The van der Waals surface area contributed by atoms with Gasteiger partial charge in [0.2, 0.25) is 0 Å². The lowest BCUT2D eigenvalue weighted by atomic mass is 10.0. The molecule has 0 saturated carbocycles. The number of guanidine groups is 1. The van der Waals surface area contributed by atoms with Crippen LogP contribution in [0.3, 0.4) is 0 Å². The number of rotatable bonds is 4. The summed E-state index contributed by atoms with van der Waals surface area (Å²) in [6, 6.07) is 0. The Balaban J connectivity index is 0.00000225. The van der Waals surface area contributed by atoms with Gasteiger partial charge in [-0.25, -0.2) is 4.99 Å². The predicted octanol–water partition coefficient (Wildman–Crippen LogP) is 1.51. The number of hydrogen-bond acceptors (Lipinski definition) is 2. The third kappa shape index (κ3) is 7.05. The van der Waals surface area contributed by atoms with Crippen molar-refractivity contribution in [3.8, 4) is 0 Å². The fraction of sp³-hybridized carbons (Fsp3) is 0.727. The van der Waals surface area contributed by atoms with Crippen molar-refractivity contribution in [1.29, 1.82) is 0 Å². The van der Waals surface area contributed by atoms with E-state index in [2.05, 4.69) is 16.9 Å². The van der Waals surface area contributed by atoms with Crippen LogP contribution in [0.15, 0.2) is 17.1 Å². The molecule has 1 saturated heterocycles. The van der Waals surface area contributed by atoms with Gasteiger partial charge in [0.05, 0.1) is 6.54 Å². The lowest BCUT2D eigenvalue weighted by Crippen LogP contribution is -2.37. The van der Waals surface area contributed by atoms with Gasteiger partial charge >= 0.3 is 0 Å². The van der Waals surface area contributed by atoms with Crippen LogP contribution in [0.1, 0.15) is 19.8 Å². The zero-order valence-electron chi connectivity index (χ0n) is 9.87. The van der Waals surface area contributed by atoms with E-state index in [1.807, 2.05) is 6.92 Å². The van der Waals surface area contributed by atoms with Crippen LogP contribution >= 0.6 is 24.0 Å². The molecule has 0 aromatic carbocycles. The Morgan fingerprint density at radius 1 is 1.50 bits per heavy atom. The molecule has 4 nitrogen and oxygen atoms in total. The first kappa shape index (κ1) is 15.7. The SMILES string of the molecule is C=C(C)CN=C(N)NCC1CCOCC1.I. The van der Waals surface area contributed by atoms with Gasteiger partial charge in [-0.3, -0.25) is 0 Å². The molecule has 3 N–H and O–H groups in total. The number of nitrogens with zero attached hydrogens (tertiary/aromatic N) is 1. The number of hydrogen-bond donors (Lipinski definition) is 2. The number of aliphatic imine (C=N–C) groups is 1. The Labute approximate surface area is 115 Å². The van der Waals surface area contributed by atoms with E-state index in [9.17, 15) is 0 Å². The minimum atomic E-state index is 0. The first-order valence-corrected chi connectivity index (χ1v) is 5.44. The molecule has 1 aliphatic rings. The van der Waals surface area contributed by atoms with Gasteiger partial charge in [0.15, 0.2) is 5.96 Å². The molecule has 1 fully saturated rings. The molecule has 0 unspecified atom stereocenters. The van der Waals surface area contributed by atoms with Crippen LogP contribution in [0.2, 0.25) is 0 Å². The molecule has 16 heavy (non-hydrogen) atoms. The van der Waals surface area contributed by atoms with E-state index >= 15 is 0 Å². The Morgan fingerprint density at radius 3 is 2.69 bits per heavy atom. The topological polar surface area (TPSA) is 59.6 Å². The van der Waals surface area contributed by atoms with Crippen molar-refractivity contribution in [1.82, 2.24) is 5.32 Å². The first-order valence-electron chi connectivity index (χ1n) is 5.44. The van der Waals surface area contributed by atoms with Gasteiger partial charge < -0.3 is 15.8 Å². The van der Waals surface area contributed by atoms with Crippen LogP contribution in [-0.4, -0.2) is 32.3 Å². The van der Waals surface area contributed by atoms with Crippen LogP contribution in [0, 0.1) is 5.92 Å². The maximum atomic E-state index is 5.71. The third-order valence-electron chi connectivity index (χ3n) is 2.43. The highest BCUT2D eigenvalue weighted by Crippen LogP contribution is 2.12. The minimum absolute atomic E-state index is 0. The number of nitrogens with two attached hydrogens (primary N) is 1. The Hall–Kier alpha value is -0.300. The summed E-state index contributed by atoms with van der Waals surface area (Å²) in [5.74, 6) is 1.18. The molecule has 1 rings (SSSR count). The highest BCUT2D eigenvalue weighted by molar-refractivity contribution is 14.0. The summed E-state index contributed by atoms with van der Waals surface area (Å²) in [4.78, 5) is 4.16. The van der Waals surface area contributed by atoms with Crippen LogP contribution in [-0.2, 0) is 4.74 Å². The van der Waals surface area contributed by atoms with E-state index in [1.165, 1.54) is 0 Å². The molecule has 0 radical (unpaired) electrons. The van der Waals surface area contributed by atoms with Crippen molar-refractivity contribution in [2.45, 2.75) is 19.8 Å². The fourth-order valence-electron chi connectivity index (χ4n) is 1.48. The molecule has 0 aromatic rings. The Kier molecular flexibility index (Phi) is 8.64. The molecular weight excluding hydrogens is 317 g/mol. The molecule has 94 valence electrons. The monoisotopic (exact) mass is 339 g/mol. The van der Waals surface area contributed by atoms with Crippen LogP contribution < -0.4 is 11.1 Å². The zero-order valence-corrected chi connectivity index (χ0v) is 12.2. The molecule has 0 aliphatic carbocycles. The van der Waals surface area contributed by atoms with Gasteiger partial charge in [-0.2, -0.15) is 0 Å². The molecule has 0 spiro atoms. The molecule has 1 aliphatic heterocycles. The summed E-state index contributed by atoms with van der Waals surface area (Å²) >= 11 is 0. The summed E-state index contributed by atoms with van der Waals surface area (Å²) in [5, 5.41) is 3.14. The van der Waals surface area contributed by atoms with Crippen LogP contribution in [0.4, 0.5) is 0 Å². The zero-order chi connectivity index (χ0) is 11.1. The van der Waals surface area contributed by atoms with Crippen LogP contribution in [0.25, 0.3) is 0 Å². The lowest BCUT2D eigenvalue weighted by Gasteiger charge is -2.22. The predicted molar refractivity (Wildman–Crippen MR) is 78.3 cm³/mol. The number of ether oxygens (including phenoxy) is 1. The van der Waals surface area contributed by atoms with Gasteiger partial charge in [0, 0.05) is 19.8 Å². The normalized spacial score (nSPS) is 17.7. The Bertz CT molecular complexity index is 237. The standard InChI is InChI=1S/C11H21N3O.HI/c1-9(2)7-13-11(12)14-8-10-3-5-15-6-4-10;/h10H,1,3-8H2,2H3,(H3,12,13,14);1H. The van der Waals surface area contributed by atoms with Crippen LogP contribution in [0.5, 0.6) is 0 Å². The van der Waals surface area contributed by atoms with Gasteiger partial charge in [-0.15, -0.1) is 24.0 Å². The van der Waals surface area contributed by atoms with E-state index in [0.29, 0.717) is 18.4 Å². The van der Waals surface area contributed by atoms with E-state index in [-0.39, 0.29) is 24.0 Å². The van der Waals surface area contributed by atoms with Crippen molar-refractivity contribution in [2.75, 3.05) is 26.3 Å². The largest absolute Gasteiger partial charge is 0.381 e. The van der Waals surface area contributed by atoms with Gasteiger partial charge in [-0.1, -0.05) is 12.2 Å². The molecule has 1 heterocycles. The maximum Gasteiger partial charge on any atom is 0.188 e. The van der Waals surface area contributed by atoms with Gasteiger partial charge in [0.25, 0.3) is 0 Å². The second-order valence-corrected chi connectivity index (χ2v) is 4.10. The summed E-state index contributed by atoms with van der Waals surface area (Å²) in [6.45, 7) is 8.95. The minimum Gasteiger partial charge on any atom is -0.381 e. The van der Waals surface area contributed by atoms with E-state index < -0.39 is 0 Å². The average molecular weight is 339 g/mol. The van der Waals surface area contributed by atoms with Crippen molar-refractivity contribution in [2.24, 2.45) is 16.6 Å². The Morgan fingerprint density at radius 2 is 2.12 bits per heavy atom. The molecular formula is C11H22IN3O. The maximum absolute atomic E-state index is 5.71. The van der Waals surface area contributed by atoms with E-state index in [1.54, 1.807) is 0 Å². The number of halogens is 1. The molecule has 0 amide bonds.